The molecule has 162 valence electrons. The van der Waals surface area contributed by atoms with Crippen molar-refractivity contribution in [2.45, 2.75) is 60.4 Å². The molecule has 4 nitrogen and oxygen atoms in total. The summed E-state index contributed by atoms with van der Waals surface area (Å²) < 4.78 is 0. The van der Waals surface area contributed by atoms with Gasteiger partial charge in [0, 0.05) is 24.2 Å². The summed E-state index contributed by atoms with van der Waals surface area (Å²) in [7, 11) is 0. The van der Waals surface area contributed by atoms with Gasteiger partial charge in [-0.3, -0.25) is 4.79 Å². The molecule has 3 rings (SSSR count). The number of aliphatic carboxylic acids is 1. The zero-order valence-electron chi connectivity index (χ0n) is 19.3. The molecule has 3 aromatic rings. The first kappa shape index (κ1) is 22.5. The summed E-state index contributed by atoms with van der Waals surface area (Å²) in [5.41, 5.74) is 10.9. The highest BCUT2D eigenvalue weighted by Crippen LogP contribution is 2.39. The second-order valence-electron chi connectivity index (χ2n) is 8.57. The molecule has 0 bridgehead atoms. The Labute approximate surface area is 185 Å². The summed E-state index contributed by atoms with van der Waals surface area (Å²) in [5.74, 6) is 0.127. The number of pyridine rings is 1. The minimum Gasteiger partial charge on any atom is -0.481 e. The number of aromatic nitrogens is 1. The summed E-state index contributed by atoms with van der Waals surface area (Å²) >= 11 is 0. The van der Waals surface area contributed by atoms with E-state index in [-0.39, 0.29) is 6.42 Å². The molecule has 0 radical (unpaired) electrons. The number of benzene rings is 2. The first-order chi connectivity index (χ1) is 14.7. The van der Waals surface area contributed by atoms with E-state index in [4.69, 9.17) is 5.11 Å². The Kier molecular flexibility index (Phi) is 6.79. The van der Waals surface area contributed by atoms with E-state index in [1.807, 2.05) is 24.4 Å². The van der Waals surface area contributed by atoms with Crippen molar-refractivity contribution < 1.29 is 9.90 Å². The van der Waals surface area contributed by atoms with Gasteiger partial charge in [-0.05, 0) is 105 Å². The fourth-order valence-corrected chi connectivity index (χ4v) is 4.19. The summed E-state index contributed by atoms with van der Waals surface area (Å²) in [6.07, 6.45) is 2.67. The number of rotatable bonds is 7. The average molecular weight is 417 g/mol. The van der Waals surface area contributed by atoms with Crippen molar-refractivity contribution in [3.63, 3.8) is 0 Å². The van der Waals surface area contributed by atoms with Gasteiger partial charge in [0.05, 0.1) is 0 Å². The Morgan fingerprint density at radius 3 is 1.84 bits per heavy atom. The number of nitrogens with zero attached hydrogens (tertiary/aromatic N) is 1. The molecule has 0 aliphatic rings. The lowest BCUT2D eigenvalue weighted by atomic mass is 9.83. The molecule has 0 spiro atoms. The Hall–Kier alpha value is -3.14. The second kappa shape index (κ2) is 9.34. The average Bonchev–Trinajstić information content (AvgIpc) is 2.73. The molecule has 0 saturated carbocycles. The van der Waals surface area contributed by atoms with Gasteiger partial charge in [0.15, 0.2) is 0 Å². The van der Waals surface area contributed by atoms with E-state index in [1.54, 1.807) is 0 Å². The van der Waals surface area contributed by atoms with Crippen LogP contribution in [0.5, 0.6) is 0 Å². The molecular weight excluding hydrogens is 384 g/mol. The Balaban J connectivity index is 1.99. The van der Waals surface area contributed by atoms with E-state index in [0.717, 1.165) is 16.9 Å². The molecule has 0 saturated heterocycles. The normalized spacial score (nSPS) is 11.1. The van der Waals surface area contributed by atoms with E-state index in [0.29, 0.717) is 12.5 Å². The summed E-state index contributed by atoms with van der Waals surface area (Å²) in [6, 6.07) is 12.8. The van der Waals surface area contributed by atoms with Gasteiger partial charge in [-0.25, -0.2) is 4.98 Å². The van der Waals surface area contributed by atoms with Gasteiger partial charge in [-0.2, -0.15) is 0 Å². The highest BCUT2D eigenvalue weighted by atomic mass is 16.4. The van der Waals surface area contributed by atoms with Gasteiger partial charge in [-0.15, -0.1) is 0 Å². The predicted molar refractivity (Wildman–Crippen MR) is 129 cm³/mol. The zero-order chi connectivity index (χ0) is 22.7. The molecule has 0 aliphatic heterocycles. The van der Waals surface area contributed by atoms with Gasteiger partial charge in [-0.1, -0.05) is 24.3 Å². The third kappa shape index (κ3) is 4.96. The van der Waals surface area contributed by atoms with E-state index in [2.05, 4.69) is 70.0 Å². The van der Waals surface area contributed by atoms with Crippen molar-refractivity contribution in [1.82, 2.24) is 4.98 Å². The quantitative estimate of drug-likeness (QED) is 0.462. The van der Waals surface area contributed by atoms with E-state index in [9.17, 15) is 4.79 Å². The Morgan fingerprint density at radius 1 is 0.871 bits per heavy atom. The van der Waals surface area contributed by atoms with Crippen molar-refractivity contribution in [2.24, 2.45) is 0 Å². The number of hydrogen-bond donors (Lipinski definition) is 2. The molecule has 0 atom stereocenters. The van der Waals surface area contributed by atoms with Gasteiger partial charge >= 0.3 is 5.97 Å². The molecule has 0 fully saturated rings. The second-order valence-corrected chi connectivity index (χ2v) is 8.57. The largest absolute Gasteiger partial charge is 0.481 e. The maximum atomic E-state index is 10.8. The van der Waals surface area contributed by atoms with Crippen molar-refractivity contribution >= 4 is 11.8 Å². The van der Waals surface area contributed by atoms with Gasteiger partial charge in [0.25, 0.3) is 0 Å². The van der Waals surface area contributed by atoms with Crippen LogP contribution < -0.4 is 5.32 Å². The zero-order valence-corrected chi connectivity index (χ0v) is 19.3. The SMILES string of the molecule is Cc1c(C)c(-c2ccc(NC(C)C)nc2)c(C)c(C)c1-c1ccc(CCC(=O)O)cc1. The topological polar surface area (TPSA) is 62.2 Å². The number of carboxylic acids is 1. The first-order valence-corrected chi connectivity index (χ1v) is 10.8. The third-order valence-electron chi connectivity index (χ3n) is 5.98. The summed E-state index contributed by atoms with van der Waals surface area (Å²) in [4.78, 5) is 15.4. The lowest BCUT2D eigenvalue weighted by Crippen LogP contribution is -2.10. The fraction of sp³-hybridized carbons (Fsp3) is 0.333. The van der Waals surface area contributed by atoms with E-state index in [1.165, 1.54) is 38.9 Å². The Morgan fingerprint density at radius 2 is 1.39 bits per heavy atom. The van der Waals surface area contributed by atoms with Gasteiger partial charge in [0.1, 0.15) is 5.82 Å². The van der Waals surface area contributed by atoms with Crippen LogP contribution in [0.15, 0.2) is 42.6 Å². The number of anilines is 1. The molecule has 0 unspecified atom stereocenters. The Bertz CT molecular complexity index is 1050. The molecule has 2 aromatic carbocycles. The number of nitrogens with one attached hydrogen (secondary N) is 1. The van der Waals surface area contributed by atoms with Crippen molar-refractivity contribution in [3.8, 4) is 22.3 Å². The van der Waals surface area contributed by atoms with Crippen molar-refractivity contribution in [2.75, 3.05) is 5.32 Å². The maximum Gasteiger partial charge on any atom is 0.303 e. The summed E-state index contributed by atoms with van der Waals surface area (Å²) in [6.45, 7) is 12.9. The summed E-state index contributed by atoms with van der Waals surface area (Å²) in [5, 5.41) is 12.2. The van der Waals surface area contributed by atoms with Crippen LogP contribution in [0.1, 0.15) is 48.1 Å². The number of aryl methyl sites for hydroxylation is 1. The molecule has 2 N–H and O–H groups in total. The molecule has 0 aliphatic carbocycles. The van der Waals surface area contributed by atoms with Gasteiger partial charge < -0.3 is 10.4 Å². The van der Waals surface area contributed by atoms with Crippen LogP contribution in [-0.4, -0.2) is 22.1 Å². The van der Waals surface area contributed by atoms with Crippen LogP contribution in [0.4, 0.5) is 5.82 Å². The monoisotopic (exact) mass is 416 g/mol. The van der Waals surface area contributed by atoms with Gasteiger partial charge in [0.2, 0.25) is 0 Å². The third-order valence-corrected chi connectivity index (χ3v) is 5.98. The van der Waals surface area contributed by atoms with E-state index < -0.39 is 5.97 Å². The molecule has 1 heterocycles. The number of carbonyl (C=O) groups is 1. The van der Waals surface area contributed by atoms with Crippen LogP contribution in [0.25, 0.3) is 22.3 Å². The smallest absolute Gasteiger partial charge is 0.303 e. The van der Waals surface area contributed by atoms with Crippen LogP contribution in [0.3, 0.4) is 0 Å². The van der Waals surface area contributed by atoms with Crippen molar-refractivity contribution in [1.29, 1.82) is 0 Å². The lowest BCUT2D eigenvalue weighted by molar-refractivity contribution is -0.136. The number of carboxylic acid groups (broad SMARTS) is 1. The van der Waals surface area contributed by atoms with Crippen LogP contribution in [0.2, 0.25) is 0 Å². The van der Waals surface area contributed by atoms with Crippen molar-refractivity contribution in [3.05, 3.63) is 70.4 Å². The maximum absolute atomic E-state index is 10.8. The predicted octanol–water partition coefficient (Wildman–Crippen LogP) is 6.49. The van der Waals surface area contributed by atoms with Crippen LogP contribution in [-0.2, 0) is 11.2 Å². The van der Waals surface area contributed by atoms with E-state index >= 15 is 0 Å². The van der Waals surface area contributed by atoms with Crippen LogP contribution in [0, 0.1) is 27.7 Å². The molecule has 4 heteroatoms. The molecule has 0 amide bonds. The standard InChI is InChI=1S/C27H32N2O2/c1-16(2)29-24-13-12-23(15-28-24)27-19(5)17(3)26(18(4)20(27)6)22-10-7-21(8-11-22)9-14-25(30)31/h7-8,10-13,15-16H,9,14H2,1-6H3,(H,28,29)(H,30,31). The first-order valence-electron chi connectivity index (χ1n) is 10.8. The highest BCUT2D eigenvalue weighted by molar-refractivity contribution is 5.82. The van der Waals surface area contributed by atoms with Crippen LogP contribution >= 0.6 is 0 Å². The lowest BCUT2D eigenvalue weighted by Gasteiger charge is -2.21. The molecule has 1 aromatic heterocycles. The molecular formula is C27H32N2O2. The fourth-order valence-electron chi connectivity index (χ4n) is 4.19. The minimum absolute atomic E-state index is 0.157. The minimum atomic E-state index is -0.764. The molecule has 31 heavy (non-hydrogen) atoms. The number of hydrogen-bond acceptors (Lipinski definition) is 3. The highest BCUT2D eigenvalue weighted by Gasteiger charge is 2.17.